The van der Waals surface area contributed by atoms with Crippen molar-refractivity contribution in [1.29, 1.82) is 0 Å². The average Bonchev–Trinajstić information content (AvgIpc) is 2.87. The Balaban J connectivity index is 1.89. The van der Waals surface area contributed by atoms with Crippen molar-refractivity contribution in [1.82, 2.24) is 4.90 Å². The molecule has 1 atom stereocenters. The summed E-state index contributed by atoms with van der Waals surface area (Å²) in [5.41, 5.74) is 1.91. The SMILES string of the molecule is CC(=O)N(CCC(=O)Nc1ccc(C(C)C)cc1)C1CCS(=O)(=O)C1. The Morgan fingerprint density at radius 2 is 1.88 bits per heavy atom. The number of carbonyl (C=O) groups excluding carboxylic acids is 2. The summed E-state index contributed by atoms with van der Waals surface area (Å²) in [6.45, 7) is 5.85. The Labute approximate surface area is 149 Å². The van der Waals surface area contributed by atoms with E-state index in [1.54, 1.807) is 0 Å². The van der Waals surface area contributed by atoms with Gasteiger partial charge in [0.1, 0.15) is 0 Å². The van der Waals surface area contributed by atoms with Gasteiger partial charge in [-0.05, 0) is 30.0 Å². The molecule has 1 heterocycles. The molecule has 1 N–H and O–H groups in total. The van der Waals surface area contributed by atoms with Gasteiger partial charge in [0.25, 0.3) is 0 Å². The molecular weight excluding hydrogens is 340 g/mol. The minimum Gasteiger partial charge on any atom is -0.338 e. The molecule has 1 unspecified atom stereocenters. The van der Waals surface area contributed by atoms with E-state index in [2.05, 4.69) is 19.2 Å². The number of rotatable bonds is 6. The van der Waals surface area contributed by atoms with Crippen molar-refractivity contribution in [2.45, 2.75) is 45.6 Å². The molecule has 0 radical (unpaired) electrons. The molecule has 6 nitrogen and oxygen atoms in total. The minimum atomic E-state index is -3.07. The minimum absolute atomic E-state index is 0.00906. The maximum absolute atomic E-state index is 12.1. The van der Waals surface area contributed by atoms with Crippen LogP contribution in [0.15, 0.2) is 24.3 Å². The number of carbonyl (C=O) groups is 2. The Bertz CT molecular complexity index is 726. The van der Waals surface area contributed by atoms with Crippen LogP contribution in [-0.2, 0) is 19.4 Å². The van der Waals surface area contributed by atoms with Crippen molar-refractivity contribution in [3.05, 3.63) is 29.8 Å². The molecule has 2 rings (SSSR count). The average molecular weight is 366 g/mol. The first-order chi connectivity index (χ1) is 11.7. The van der Waals surface area contributed by atoms with Crippen molar-refractivity contribution >= 4 is 27.3 Å². The highest BCUT2D eigenvalue weighted by Crippen LogP contribution is 2.19. The predicted molar refractivity (Wildman–Crippen MR) is 98.2 cm³/mol. The fraction of sp³-hybridized carbons (Fsp3) is 0.556. The van der Waals surface area contributed by atoms with Crippen LogP contribution in [0.4, 0.5) is 5.69 Å². The van der Waals surface area contributed by atoms with Crippen LogP contribution in [0.5, 0.6) is 0 Å². The van der Waals surface area contributed by atoms with E-state index in [4.69, 9.17) is 0 Å². The molecular formula is C18H26N2O4S. The maximum Gasteiger partial charge on any atom is 0.226 e. The zero-order chi connectivity index (χ0) is 18.6. The monoisotopic (exact) mass is 366 g/mol. The van der Waals surface area contributed by atoms with E-state index in [1.807, 2.05) is 24.3 Å². The van der Waals surface area contributed by atoms with E-state index in [9.17, 15) is 18.0 Å². The Kier molecular flexibility index (Phi) is 6.21. The van der Waals surface area contributed by atoms with Crippen LogP contribution in [0.3, 0.4) is 0 Å². The van der Waals surface area contributed by atoms with Crippen molar-refractivity contribution in [3.8, 4) is 0 Å². The summed E-state index contributed by atoms with van der Waals surface area (Å²) in [5, 5.41) is 2.81. The summed E-state index contributed by atoms with van der Waals surface area (Å²) >= 11 is 0. The van der Waals surface area contributed by atoms with Crippen molar-refractivity contribution < 1.29 is 18.0 Å². The molecule has 1 saturated heterocycles. The zero-order valence-electron chi connectivity index (χ0n) is 15.0. The predicted octanol–water partition coefficient (Wildman–Crippen LogP) is 2.17. The van der Waals surface area contributed by atoms with Gasteiger partial charge in [0.05, 0.1) is 11.5 Å². The molecule has 7 heteroatoms. The second-order valence-corrected chi connectivity index (χ2v) is 9.07. The molecule has 0 spiro atoms. The molecule has 0 aliphatic carbocycles. The molecule has 1 aromatic rings. The summed E-state index contributed by atoms with van der Waals surface area (Å²) < 4.78 is 23.2. The van der Waals surface area contributed by atoms with E-state index in [0.29, 0.717) is 18.0 Å². The van der Waals surface area contributed by atoms with E-state index in [0.717, 1.165) is 0 Å². The molecule has 1 aromatic carbocycles. The number of hydrogen-bond donors (Lipinski definition) is 1. The molecule has 25 heavy (non-hydrogen) atoms. The summed E-state index contributed by atoms with van der Waals surface area (Å²) in [6.07, 6.45) is 0.586. The molecule has 138 valence electrons. The number of nitrogens with zero attached hydrogens (tertiary/aromatic N) is 1. The lowest BCUT2D eigenvalue weighted by atomic mass is 10.0. The van der Waals surface area contributed by atoms with Crippen LogP contribution < -0.4 is 5.32 Å². The van der Waals surface area contributed by atoms with E-state index in [-0.39, 0.29) is 42.3 Å². The van der Waals surface area contributed by atoms with E-state index in [1.165, 1.54) is 17.4 Å². The third-order valence-electron chi connectivity index (χ3n) is 4.49. The third kappa shape index (κ3) is 5.56. The van der Waals surface area contributed by atoms with Crippen LogP contribution in [0, 0.1) is 0 Å². The number of nitrogens with one attached hydrogen (secondary N) is 1. The van der Waals surface area contributed by atoms with Gasteiger partial charge in [0, 0.05) is 31.6 Å². The lowest BCUT2D eigenvalue weighted by Gasteiger charge is -2.26. The van der Waals surface area contributed by atoms with Gasteiger partial charge in [-0.2, -0.15) is 0 Å². The lowest BCUT2D eigenvalue weighted by molar-refractivity contribution is -0.131. The summed E-state index contributed by atoms with van der Waals surface area (Å²) in [4.78, 5) is 25.5. The fourth-order valence-electron chi connectivity index (χ4n) is 3.02. The Morgan fingerprint density at radius 3 is 2.36 bits per heavy atom. The smallest absolute Gasteiger partial charge is 0.226 e. The van der Waals surface area contributed by atoms with Crippen LogP contribution in [0.1, 0.15) is 45.1 Å². The molecule has 1 fully saturated rings. The molecule has 0 bridgehead atoms. The maximum atomic E-state index is 12.1. The van der Waals surface area contributed by atoms with E-state index < -0.39 is 9.84 Å². The highest BCUT2D eigenvalue weighted by Gasteiger charge is 2.33. The fourth-order valence-corrected chi connectivity index (χ4v) is 4.75. The van der Waals surface area contributed by atoms with Gasteiger partial charge in [-0.25, -0.2) is 8.42 Å². The number of anilines is 1. The van der Waals surface area contributed by atoms with Gasteiger partial charge in [-0.15, -0.1) is 0 Å². The number of benzene rings is 1. The highest BCUT2D eigenvalue weighted by atomic mass is 32.2. The second kappa shape index (κ2) is 7.99. The largest absolute Gasteiger partial charge is 0.338 e. The van der Waals surface area contributed by atoms with Gasteiger partial charge in [-0.3, -0.25) is 9.59 Å². The van der Waals surface area contributed by atoms with Gasteiger partial charge in [-0.1, -0.05) is 26.0 Å². The molecule has 0 saturated carbocycles. The summed E-state index contributed by atoms with van der Waals surface area (Å²) in [7, 11) is -3.07. The Morgan fingerprint density at radius 1 is 1.24 bits per heavy atom. The van der Waals surface area contributed by atoms with Crippen molar-refractivity contribution in [2.24, 2.45) is 0 Å². The standard InChI is InChI=1S/C18H26N2O4S/c1-13(2)15-4-6-16(7-5-15)19-18(22)8-10-20(14(3)21)17-9-11-25(23,24)12-17/h4-7,13,17H,8-12H2,1-3H3,(H,19,22). The molecule has 0 aromatic heterocycles. The van der Waals surface area contributed by atoms with Gasteiger partial charge in [0.2, 0.25) is 11.8 Å². The van der Waals surface area contributed by atoms with Crippen LogP contribution in [0.25, 0.3) is 0 Å². The number of hydrogen-bond acceptors (Lipinski definition) is 4. The van der Waals surface area contributed by atoms with Crippen molar-refractivity contribution in [3.63, 3.8) is 0 Å². The second-order valence-electron chi connectivity index (χ2n) is 6.84. The van der Waals surface area contributed by atoms with Gasteiger partial charge >= 0.3 is 0 Å². The summed E-state index contributed by atoms with van der Waals surface area (Å²) in [6, 6.07) is 7.36. The molecule has 1 aliphatic rings. The van der Waals surface area contributed by atoms with Gasteiger partial charge < -0.3 is 10.2 Å². The topological polar surface area (TPSA) is 83.6 Å². The molecule has 2 amide bonds. The Hall–Kier alpha value is -1.89. The van der Waals surface area contributed by atoms with Crippen molar-refractivity contribution in [2.75, 3.05) is 23.4 Å². The first kappa shape index (κ1) is 19.4. The highest BCUT2D eigenvalue weighted by molar-refractivity contribution is 7.91. The van der Waals surface area contributed by atoms with E-state index >= 15 is 0 Å². The number of sulfone groups is 1. The number of amides is 2. The normalized spacial score (nSPS) is 19.0. The van der Waals surface area contributed by atoms with Crippen LogP contribution >= 0.6 is 0 Å². The molecule has 1 aliphatic heterocycles. The zero-order valence-corrected chi connectivity index (χ0v) is 15.8. The quantitative estimate of drug-likeness (QED) is 0.836. The summed E-state index contributed by atoms with van der Waals surface area (Å²) in [5.74, 6) is 0.137. The van der Waals surface area contributed by atoms with Crippen LogP contribution in [0.2, 0.25) is 0 Å². The van der Waals surface area contributed by atoms with Gasteiger partial charge in [0.15, 0.2) is 9.84 Å². The lowest BCUT2D eigenvalue weighted by Crippen LogP contribution is -2.41. The first-order valence-corrected chi connectivity index (χ1v) is 10.4. The third-order valence-corrected chi connectivity index (χ3v) is 6.24. The van der Waals surface area contributed by atoms with Crippen LogP contribution in [-0.4, -0.2) is 49.2 Å². The first-order valence-electron chi connectivity index (χ1n) is 8.55.